The predicted molar refractivity (Wildman–Crippen MR) is 152 cm³/mol. The fourth-order valence-electron chi connectivity index (χ4n) is 3.60. The van der Waals surface area contributed by atoms with Crippen molar-refractivity contribution < 1.29 is 4.79 Å². The van der Waals surface area contributed by atoms with Crippen LogP contribution in [0.25, 0.3) is 12.2 Å². The van der Waals surface area contributed by atoms with Gasteiger partial charge in [-0.3, -0.25) is 4.79 Å². The standard InChI is InChI=1S/C29H44N6O/c1-28(2,3)34-25(32-17-15-30)19-21-11-7-9-13-23(21)27(36)24-14-10-8-12-22(24)20-26(33-18-16-31)35-29(4,5)6/h7-14,19-20,32-35H,15-18,30-31H2,1-6H3/b25-19+,26-20+. The molecule has 2 aromatic rings. The summed E-state index contributed by atoms with van der Waals surface area (Å²) in [5, 5.41) is 13.6. The second-order valence-electron chi connectivity index (χ2n) is 10.8. The van der Waals surface area contributed by atoms with Crippen molar-refractivity contribution in [2.45, 2.75) is 52.6 Å². The van der Waals surface area contributed by atoms with Gasteiger partial charge in [0.1, 0.15) is 0 Å². The van der Waals surface area contributed by atoms with Crippen molar-refractivity contribution in [1.82, 2.24) is 21.3 Å². The minimum atomic E-state index is -0.156. The van der Waals surface area contributed by atoms with E-state index in [-0.39, 0.29) is 16.9 Å². The van der Waals surface area contributed by atoms with E-state index in [0.29, 0.717) is 37.3 Å². The highest BCUT2D eigenvalue weighted by atomic mass is 16.1. The predicted octanol–water partition coefficient (Wildman–Crippen LogP) is 3.39. The van der Waals surface area contributed by atoms with E-state index in [0.717, 1.165) is 22.8 Å². The van der Waals surface area contributed by atoms with Crippen molar-refractivity contribution in [2.24, 2.45) is 11.5 Å². The molecule has 0 aliphatic rings. The Morgan fingerprint density at radius 3 is 1.39 bits per heavy atom. The van der Waals surface area contributed by atoms with E-state index in [1.54, 1.807) is 0 Å². The molecule has 7 nitrogen and oxygen atoms in total. The number of nitrogens with one attached hydrogen (secondary N) is 4. The first-order valence-electron chi connectivity index (χ1n) is 12.5. The summed E-state index contributed by atoms with van der Waals surface area (Å²) in [6.45, 7) is 14.8. The van der Waals surface area contributed by atoms with Gasteiger partial charge in [-0.25, -0.2) is 0 Å². The second kappa shape index (κ2) is 13.1. The van der Waals surface area contributed by atoms with Gasteiger partial charge in [0.2, 0.25) is 0 Å². The molecule has 0 aromatic heterocycles. The molecule has 0 heterocycles. The summed E-state index contributed by atoms with van der Waals surface area (Å²) >= 11 is 0. The van der Waals surface area contributed by atoms with Crippen molar-refractivity contribution >= 4 is 17.9 Å². The van der Waals surface area contributed by atoms with Crippen LogP contribution in [0.15, 0.2) is 60.2 Å². The number of hydrogen-bond acceptors (Lipinski definition) is 7. The van der Waals surface area contributed by atoms with E-state index >= 15 is 0 Å². The van der Waals surface area contributed by atoms with Gasteiger partial charge >= 0.3 is 0 Å². The van der Waals surface area contributed by atoms with E-state index in [4.69, 9.17) is 11.5 Å². The summed E-state index contributed by atoms with van der Waals surface area (Å²) in [4.78, 5) is 13.9. The molecule has 2 rings (SSSR count). The SMILES string of the molecule is CC(C)(C)N/C(=C/c1ccccc1C(=O)c1ccccc1/C=C(\NCCN)NC(C)(C)C)NCCN. The average Bonchev–Trinajstić information content (AvgIpc) is 2.79. The van der Waals surface area contributed by atoms with Crippen LogP contribution in [0, 0.1) is 0 Å². The van der Waals surface area contributed by atoms with Crippen LogP contribution in [-0.4, -0.2) is 43.0 Å². The molecule has 0 bridgehead atoms. The van der Waals surface area contributed by atoms with E-state index in [1.165, 1.54) is 0 Å². The topological polar surface area (TPSA) is 117 Å². The highest BCUT2D eigenvalue weighted by Crippen LogP contribution is 2.21. The van der Waals surface area contributed by atoms with Gasteiger partial charge in [-0.15, -0.1) is 0 Å². The van der Waals surface area contributed by atoms with E-state index < -0.39 is 0 Å². The second-order valence-corrected chi connectivity index (χ2v) is 10.8. The summed E-state index contributed by atoms with van der Waals surface area (Å²) < 4.78 is 0. The summed E-state index contributed by atoms with van der Waals surface area (Å²) in [6.07, 6.45) is 3.95. The van der Waals surface area contributed by atoms with Gasteiger partial charge in [0.15, 0.2) is 5.78 Å². The number of rotatable bonds is 12. The van der Waals surface area contributed by atoms with Gasteiger partial charge in [0, 0.05) is 48.4 Å². The highest BCUT2D eigenvalue weighted by Gasteiger charge is 2.18. The van der Waals surface area contributed by atoms with Crippen molar-refractivity contribution in [2.75, 3.05) is 26.2 Å². The minimum Gasteiger partial charge on any atom is -0.371 e. The van der Waals surface area contributed by atoms with Crippen molar-refractivity contribution in [3.8, 4) is 0 Å². The minimum absolute atomic E-state index is 0.0448. The molecule has 0 saturated heterocycles. The lowest BCUT2D eigenvalue weighted by atomic mass is 9.94. The zero-order chi connectivity index (χ0) is 26.8. The van der Waals surface area contributed by atoms with Crippen LogP contribution in [0.2, 0.25) is 0 Å². The van der Waals surface area contributed by atoms with Crippen LogP contribution in [0.1, 0.15) is 68.6 Å². The normalized spacial score (nSPS) is 12.8. The molecular formula is C29H44N6O. The maximum atomic E-state index is 13.9. The third-order valence-corrected chi connectivity index (χ3v) is 4.95. The van der Waals surface area contributed by atoms with Gasteiger partial charge < -0.3 is 32.7 Å². The molecule has 7 heteroatoms. The molecular weight excluding hydrogens is 448 g/mol. The first-order chi connectivity index (χ1) is 16.9. The summed E-state index contributed by atoms with van der Waals surface area (Å²) in [6, 6.07) is 15.3. The summed E-state index contributed by atoms with van der Waals surface area (Å²) in [7, 11) is 0. The van der Waals surface area contributed by atoms with Crippen LogP contribution in [0.3, 0.4) is 0 Å². The van der Waals surface area contributed by atoms with Crippen LogP contribution in [0.4, 0.5) is 0 Å². The molecule has 0 aliphatic carbocycles. The Balaban J connectivity index is 2.52. The number of nitrogens with two attached hydrogens (primary N) is 2. The van der Waals surface area contributed by atoms with Crippen molar-refractivity contribution in [3.05, 3.63) is 82.4 Å². The fraction of sp³-hybridized carbons (Fsp3) is 0.414. The van der Waals surface area contributed by atoms with Crippen molar-refractivity contribution in [3.63, 3.8) is 0 Å². The van der Waals surface area contributed by atoms with Crippen LogP contribution >= 0.6 is 0 Å². The monoisotopic (exact) mass is 492 g/mol. The molecule has 0 saturated carbocycles. The Labute approximate surface area is 216 Å². The van der Waals surface area contributed by atoms with Gasteiger partial charge in [-0.05, 0) is 64.8 Å². The van der Waals surface area contributed by atoms with E-state index in [1.807, 2.05) is 60.7 Å². The van der Waals surface area contributed by atoms with Gasteiger partial charge in [0.05, 0.1) is 11.6 Å². The zero-order valence-corrected chi connectivity index (χ0v) is 22.7. The lowest BCUT2D eigenvalue weighted by Crippen LogP contribution is -2.41. The lowest BCUT2D eigenvalue weighted by Gasteiger charge is -2.25. The third kappa shape index (κ3) is 9.76. The maximum absolute atomic E-state index is 13.9. The van der Waals surface area contributed by atoms with Gasteiger partial charge in [0.25, 0.3) is 0 Å². The molecule has 0 amide bonds. The summed E-state index contributed by atoms with van der Waals surface area (Å²) in [5.41, 5.74) is 14.0. The summed E-state index contributed by atoms with van der Waals surface area (Å²) in [5.74, 6) is 1.60. The van der Waals surface area contributed by atoms with Crippen LogP contribution < -0.4 is 32.7 Å². The van der Waals surface area contributed by atoms with Crippen LogP contribution in [-0.2, 0) is 0 Å². The highest BCUT2D eigenvalue weighted by molar-refractivity contribution is 6.13. The first kappa shape index (κ1) is 28.9. The van der Waals surface area contributed by atoms with Gasteiger partial charge in [-0.2, -0.15) is 0 Å². The molecule has 36 heavy (non-hydrogen) atoms. The first-order valence-corrected chi connectivity index (χ1v) is 12.5. The third-order valence-electron chi connectivity index (χ3n) is 4.95. The molecule has 196 valence electrons. The van der Waals surface area contributed by atoms with Gasteiger partial charge in [-0.1, -0.05) is 48.5 Å². The Morgan fingerprint density at radius 1 is 0.694 bits per heavy atom. The maximum Gasteiger partial charge on any atom is 0.194 e. The quantitative estimate of drug-likeness (QED) is 0.252. The number of carbonyl (C=O) groups excluding carboxylic acids is 1. The average molecular weight is 493 g/mol. The van der Waals surface area contributed by atoms with E-state index in [2.05, 4.69) is 62.8 Å². The smallest absolute Gasteiger partial charge is 0.194 e. The molecule has 0 unspecified atom stereocenters. The Bertz CT molecular complexity index is 976. The molecule has 2 aromatic carbocycles. The largest absolute Gasteiger partial charge is 0.371 e. The lowest BCUT2D eigenvalue weighted by molar-refractivity contribution is 0.103. The Hall–Kier alpha value is -3.29. The molecule has 0 fully saturated rings. The number of ketones is 1. The fourth-order valence-corrected chi connectivity index (χ4v) is 3.60. The number of benzene rings is 2. The molecule has 0 spiro atoms. The molecule has 0 atom stereocenters. The van der Waals surface area contributed by atoms with Crippen molar-refractivity contribution in [1.29, 1.82) is 0 Å². The molecule has 0 aliphatic heterocycles. The molecule has 0 radical (unpaired) electrons. The molecule has 8 N–H and O–H groups in total. The van der Waals surface area contributed by atoms with E-state index in [9.17, 15) is 4.79 Å². The number of carbonyl (C=O) groups is 1. The van der Waals surface area contributed by atoms with Crippen LogP contribution in [0.5, 0.6) is 0 Å². The Morgan fingerprint density at radius 2 is 1.06 bits per heavy atom. The zero-order valence-electron chi connectivity index (χ0n) is 22.7. The Kier molecular flexibility index (Phi) is 10.6. The number of hydrogen-bond donors (Lipinski definition) is 6.